The van der Waals surface area contributed by atoms with Crippen LogP contribution < -0.4 is 0 Å². The van der Waals surface area contributed by atoms with E-state index in [0.29, 0.717) is 19.3 Å². The molecule has 0 aromatic heterocycles. The van der Waals surface area contributed by atoms with Crippen molar-refractivity contribution in [3.8, 4) is 0 Å². The fraction of sp³-hybridized carbons (Fsp3) is 0.868. The number of allylic oxidation sites excluding steroid dienone is 4. The molecule has 6 nitrogen and oxygen atoms in total. The van der Waals surface area contributed by atoms with E-state index in [1.165, 1.54) is 173 Å². The van der Waals surface area contributed by atoms with Crippen LogP contribution in [0, 0.1) is 0 Å². The van der Waals surface area contributed by atoms with Gasteiger partial charge in [0, 0.05) is 19.3 Å². The Morgan fingerprint density at radius 2 is 0.610 bits per heavy atom. The number of esters is 3. The minimum atomic E-state index is -0.765. The molecule has 0 saturated carbocycles. The highest BCUT2D eigenvalue weighted by molar-refractivity contribution is 5.71. The van der Waals surface area contributed by atoms with Crippen LogP contribution in [0.1, 0.15) is 278 Å². The third-order valence-electron chi connectivity index (χ3n) is 11.5. The van der Waals surface area contributed by atoms with Crippen LogP contribution in [0.4, 0.5) is 0 Å². The molecular weight excluding hydrogens is 733 g/mol. The van der Waals surface area contributed by atoms with Crippen LogP contribution in [0.5, 0.6) is 0 Å². The van der Waals surface area contributed by atoms with E-state index < -0.39 is 6.10 Å². The Bertz CT molecular complexity index is 958. The first-order valence-corrected chi connectivity index (χ1v) is 25.8. The van der Waals surface area contributed by atoms with Gasteiger partial charge in [-0.25, -0.2) is 0 Å². The minimum absolute atomic E-state index is 0.0678. The molecule has 0 bridgehead atoms. The van der Waals surface area contributed by atoms with Gasteiger partial charge >= 0.3 is 17.9 Å². The molecule has 0 aromatic rings. The van der Waals surface area contributed by atoms with Gasteiger partial charge in [-0.3, -0.25) is 14.4 Å². The third kappa shape index (κ3) is 46.8. The molecule has 0 spiro atoms. The van der Waals surface area contributed by atoms with Gasteiger partial charge in [-0.2, -0.15) is 0 Å². The van der Waals surface area contributed by atoms with Gasteiger partial charge in [-0.15, -0.1) is 0 Å². The van der Waals surface area contributed by atoms with E-state index in [0.717, 1.165) is 64.2 Å². The van der Waals surface area contributed by atoms with E-state index in [4.69, 9.17) is 14.2 Å². The molecule has 0 aromatic carbocycles. The summed E-state index contributed by atoms with van der Waals surface area (Å²) in [4.78, 5) is 37.9. The summed E-state index contributed by atoms with van der Waals surface area (Å²) in [5.41, 5.74) is 0. The van der Waals surface area contributed by atoms with Gasteiger partial charge in [-0.1, -0.05) is 231 Å². The topological polar surface area (TPSA) is 78.9 Å². The zero-order valence-electron chi connectivity index (χ0n) is 39.5. The molecule has 0 aliphatic rings. The Balaban J connectivity index is 4.27. The van der Waals surface area contributed by atoms with E-state index in [-0.39, 0.29) is 31.1 Å². The zero-order chi connectivity index (χ0) is 43.0. The van der Waals surface area contributed by atoms with Crippen molar-refractivity contribution in [2.45, 2.75) is 284 Å². The number of unbranched alkanes of at least 4 members (excludes halogenated alkanes) is 32. The Kier molecular flexibility index (Phi) is 46.8. The van der Waals surface area contributed by atoms with Gasteiger partial charge in [0.2, 0.25) is 0 Å². The molecule has 0 aliphatic heterocycles. The highest BCUT2D eigenvalue weighted by atomic mass is 16.6. The number of carbonyl (C=O) groups excluding carboxylic acids is 3. The Hall–Kier alpha value is -2.11. The molecule has 0 amide bonds. The fourth-order valence-corrected chi connectivity index (χ4v) is 7.53. The van der Waals surface area contributed by atoms with Crippen LogP contribution in [0.2, 0.25) is 0 Å². The highest BCUT2D eigenvalue weighted by Gasteiger charge is 2.19. The summed E-state index contributed by atoms with van der Waals surface area (Å²) < 4.78 is 16.8. The largest absolute Gasteiger partial charge is 0.462 e. The van der Waals surface area contributed by atoms with E-state index in [1.807, 2.05) is 0 Å². The molecular formula is C53H98O6. The second-order valence-corrected chi connectivity index (χ2v) is 17.4. The second-order valence-electron chi connectivity index (χ2n) is 17.4. The Labute approximate surface area is 366 Å². The number of hydrogen-bond donors (Lipinski definition) is 0. The predicted molar refractivity (Wildman–Crippen MR) is 252 cm³/mol. The maximum atomic E-state index is 12.7. The fourth-order valence-electron chi connectivity index (χ4n) is 7.53. The number of rotatable bonds is 47. The van der Waals surface area contributed by atoms with Crippen molar-refractivity contribution in [2.75, 3.05) is 13.2 Å². The first kappa shape index (κ1) is 56.9. The summed E-state index contributed by atoms with van der Waals surface area (Å²) in [7, 11) is 0. The van der Waals surface area contributed by atoms with Crippen LogP contribution >= 0.6 is 0 Å². The summed E-state index contributed by atoms with van der Waals surface area (Å²) in [5.74, 6) is -0.861. The van der Waals surface area contributed by atoms with Crippen molar-refractivity contribution in [1.82, 2.24) is 0 Å². The lowest BCUT2D eigenvalue weighted by atomic mass is 10.0. The van der Waals surface area contributed by atoms with Crippen LogP contribution in [0.3, 0.4) is 0 Å². The first-order chi connectivity index (χ1) is 29.0. The standard InChI is InChI=1S/C53H98O6/c1-4-7-10-13-16-19-22-24-25-26-27-28-29-30-32-34-37-40-43-46-52(55)58-49-50(48-57-51(54)45-42-39-36-33-21-18-15-12-9-6-3)59-53(56)47-44-41-38-35-31-23-20-17-14-11-8-5-2/h16,19,24-25,50H,4-15,17-18,20-23,26-49H2,1-3H3/b19-16-,25-24-/t50-/m1/s1. The molecule has 0 heterocycles. The van der Waals surface area contributed by atoms with Crippen LogP contribution in [0.25, 0.3) is 0 Å². The number of hydrogen-bond acceptors (Lipinski definition) is 6. The molecule has 346 valence electrons. The van der Waals surface area contributed by atoms with Crippen molar-refractivity contribution >= 4 is 17.9 Å². The molecule has 0 saturated heterocycles. The van der Waals surface area contributed by atoms with Gasteiger partial charge in [-0.05, 0) is 51.4 Å². The monoisotopic (exact) mass is 831 g/mol. The molecule has 0 unspecified atom stereocenters. The summed E-state index contributed by atoms with van der Waals surface area (Å²) in [6.45, 7) is 6.62. The lowest BCUT2D eigenvalue weighted by Gasteiger charge is -2.18. The van der Waals surface area contributed by atoms with Crippen LogP contribution in [-0.4, -0.2) is 37.2 Å². The maximum absolute atomic E-state index is 12.7. The number of carbonyl (C=O) groups is 3. The predicted octanol–water partition coefficient (Wildman–Crippen LogP) is 16.8. The molecule has 0 rings (SSSR count). The minimum Gasteiger partial charge on any atom is -0.462 e. The average molecular weight is 831 g/mol. The maximum Gasteiger partial charge on any atom is 0.306 e. The van der Waals surface area contributed by atoms with E-state index in [2.05, 4.69) is 45.1 Å². The Morgan fingerprint density at radius 3 is 0.966 bits per heavy atom. The lowest BCUT2D eigenvalue weighted by molar-refractivity contribution is -0.167. The molecule has 6 heteroatoms. The highest BCUT2D eigenvalue weighted by Crippen LogP contribution is 2.16. The normalized spacial score (nSPS) is 12.1. The van der Waals surface area contributed by atoms with Crippen LogP contribution in [0.15, 0.2) is 24.3 Å². The van der Waals surface area contributed by atoms with Gasteiger partial charge < -0.3 is 14.2 Å². The molecule has 59 heavy (non-hydrogen) atoms. The molecule has 0 N–H and O–H groups in total. The Morgan fingerprint density at radius 1 is 0.339 bits per heavy atom. The van der Waals surface area contributed by atoms with Crippen molar-refractivity contribution in [3.05, 3.63) is 24.3 Å². The summed E-state index contributed by atoms with van der Waals surface area (Å²) in [6, 6.07) is 0. The first-order valence-electron chi connectivity index (χ1n) is 25.8. The van der Waals surface area contributed by atoms with Gasteiger partial charge in [0.15, 0.2) is 6.10 Å². The molecule has 0 radical (unpaired) electrons. The van der Waals surface area contributed by atoms with Crippen molar-refractivity contribution in [3.63, 3.8) is 0 Å². The van der Waals surface area contributed by atoms with Crippen molar-refractivity contribution < 1.29 is 28.6 Å². The summed E-state index contributed by atoms with van der Waals surface area (Å²) >= 11 is 0. The van der Waals surface area contributed by atoms with Crippen molar-refractivity contribution in [1.29, 1.82) is 0 Å². The van der Waals surface area contributed by atoms with Gasteiger partial charge in [0.1, 0.15) is 13.2 Å². The van der Waals surface area contributed by atoms with E-state index >= 15 is 0 Å². The average Bonchev–Trinajstić information content (AvgIpc) is 3.23. The van der Waals surface area contributed by atoms with Gasteiger partial charge in [0.05, 0.1) is 0 Å². The van der Waals surface area contributed by atoms with Crippen molar-refractivity contribution in [2.24, 2.45) is 0 Å². The lowest BCUT2D eigenvalue weighted by Crippen LogP contribution is -2.30. The third-order valence-corrected chi connectivity index (χ3v) is 11.5. The quantitative estimate of drug-likeness (QED) is 0.0263. The number of ether oxygens (including phenoxy) is 3. The summed E-state index contributed by atoms with van der Waals surface area (Å²) in [6.07, 6.45) is 54.4. The van der Waals surface area contributed by atoms with Crippen LogP contribution in [-0.2, 0) is 28.6 Å². The molecule has 1 atom stereocenters. The summed E-state index contributed by atoms with van der Waals surface area (Å²) in [5, 5.41) is 0. The molecule has 0 fully saturated rings. The van der Waals surface area contributed by atoms with E-state index in [1.54, 1.807) is 0 Å². The SMILES string of the molecule is CCCCC/C=C\C/C=C\CCCCCCCCCCCC(=O)OC[C@@H](COC(=O)CCCCCCCCCCCC)OC(=O)CCCCCCCCCCCCCC. The van der Waals surface area contributed by atoms with Gasteiger partial charge in [0.25, 0.3) is 0 Å². The molecule has 0 aliphatic carbocycles. The second kappa shape index (κ2) is 48.6. The zero-order valence-corrected chi connectivity index (χ0v) is 39.5. The van der Waals surface area contributed by atoms with E-state index in [9.17, 15) is 14.4 Å². The smallest absolute Gasteiger partial charge is 0.306 e.